The van der Waals surface area contributed by atoms with Gasteiger partial charge >= 0.3 is 0 Å². The number of aromatic nitrogens is 3. The fourth-order valence-corrected chi connectivity index (χ4v) is 3.07. The molecule has 138 valence electrons. The number of carbonyl (C=O) groups excluding carboxylic acids is 1. The van der Waals surface area contributed by atoms with Gasteiger partial charge in [-0.1, -0.05) is 6.07 Å². The molecule has 1 atom stereocenters. The van der Waals surface area contributed by atoms with Crippen LogP contribution >= 0.6 is 0 Å². The SMILES string of the molecule is COc1ccc([C@H](NC(=O)CCc2ccc(=O)[nH]n2)C2CC(O)C2)cn1. The van der Waals surface area contributed by atoms with E-state index < -0.39 is 0 Å². The number of aliphatic hydroxyl groups excluding tert-OH is 1. The van der Waals surface area contributed by atoms with Gasteiger partial charge in [0, 0.05) is 31.2 Å². The molecule has 0 bridgehead atoms. The van der Waals surface area contributed by atoms with E-state index in [2.05, 4.69) is 20.5 Å². The van der Waals surface area contributed by atoms with Crippen molar-refractivity contribution in [3.63, 3.8) is 0 Å². The molecule has 8 nitrogen and oxygen atoms in total. The van der Waals surface area contributed by atoms with Gasteiger partial charge in [-0.15, -0.1) is 0 Å². The van der Waals surface area contributed by atoms with Crippen molar-refractivity contribution >= 4 is 5.91 Å². The summed E-state index contributed by atoms with van der Waals surface area (Å²) in [6, 6.07) is 6.44. The summed E-state index contributed by atoms with van der Waals surface area (Å²) in [5.41, 5.74) is 1.27. The molecule has 26 heavy (non-hydrogen) atoms. The summed E-state index contributed by atoms with van der Waals surface area (Å²) in [5, 5.41) is 18.9. The predicted octanol–water partition coefficient (Wildman–Crippen LogP) is 0.734. The second-order valence-corrected chi connectivity index (χ2v) is 6.48. The maximum atomic E-state index is 12.4. The number of hydrogen-bond acceptors (Lipinski definition) is 6. The van der Waals surface area contributed by atoms with Crippen molar-refractivity contribution in [1.29, 1.82) is 0 Å². The summed E-state index contributed by atoms with van der Waals surface area (Å²) < 4.78 is 5.07. The maximum Gasteiger partial charge on any atom is 0.264 e. The first-order valence-electron chi connectivity index (χ1n) is 8.57. The molecule has 1 aliphatic carbocycles. The van der Waals surface area contributed by atoms with Crippen molar-refractivity contribution in [3.8, 4) is 5.88 Å². The van der Waals surface area contributed by atoms with Crippen LogP contribution in [0.25, 0.3) is 0 Å². The van der Waals surface area contributed by atoms with E-state index >= 15 is 0 Å². The van der Waals surface area contributed by atoms with Crippen molar-refractivity contribution in [1.82, 2.24) is 20.5 Å². The number of nitrogens with one attached hydrogen (secondary N) is 2. The van der Waals surface area contributed by atoms with Crippen LogP contribution in [0, 0.1) is 5.92 Å². The van der Waals surface area contributed by atoms with Crippen LogP contribution in [0.2, 0.25) is 0 Å². The average Bonchev–Trinajstić information content (AvgIpc) is 2.63. The Hall–Kier alpha value is -2.74. The number of amides is 1. The zero-order valence-corrected chi connectivity index (χ0v) is 14.5. The number of carbonyl (C=O) groups is 1. The van der Waals surface area contributed by atoms with Crippen LogP contribution in [0.3, 0.4) is 0 Å². The van der Waals surface area contributed by atoms with Gasteiger partial charge in [0.15, 0.2) is 0 Å². The quantitative estimate of drug-likeness (QED) is 0.672. The molecule has 0 radical (unpaired) electrons. The third-order valence-electron chi connectivity index (χ3n) is 4.61. The summed E-state index contributed by atoms with van der Waals surface area (Å²) in [4.78, 5) is 27.6. The van der Waals surface area contributed by atoms with E-state index in [1.54, 1.807) is 25.4 Å². The van der Waals surface area contributed by atoms with Crippen LogP contribution in [-0.4, -0.2) is 39.4 Å². The number of H-pyrrole nitrogens is 1. The van der Waals surface area contributed by atoms with E-state index in [9.17, 15) is 14.7 Å². The minimum atomic E-state index is -0.309. The number of ether oxygens (including phenoxy) is 1. The summed E-state index contributed by atoms with van der Waals surface area (Å²) in [6.07, 6.45) is 3.38. The number of aliphatic hydroxyl groups is 1. The largest absolute Gasteiger partial charge is 0.481 e. The first-order chi connectivity index (χ1) is 12.5. The topological polar surface area (TPSA) is 117 Å². The maximum absolute atomic E-state index is 12.4. The second kappa shape index (κ2) is 8.09. The lowest BCUT2D eigenvalue weighted by atomic mass is 9.75. The van der Waals surface area contributed by atoms with Crippen LogP contribution < -0.4 is 15.6 Å². The van der Waals surface area contributed by atoms with Gasteiger partial charge in [-0.05, 0) is 30.4 Å². The molecule has 0 spiro atoms. The Morgan fingerprint density at radius 1 is 1.38 bits per heavy atom. The lowest BCUT2D eigenvalue weighted by Gasteiger charge is -2.38. The standard InChI is InChI=1S/C18H22N4O4/c1-26-17-7-2-11(10-19-17)18(12-8-14(23)9-12)20-15(24)5-3-13-4-6-16(25)22-21-13/h2,4,6-7,10,12,14,18,23H,3,5,8-9H2,1H3,(H,20,24)(H,22,25)/t12?,14?,18-/m0/s1. The van der Waals surface area contributed by atoms with Gasteiger partial charge in [0.2, 0.25) is 11.8 Å². The van der Waals surface area contributed by atoms with E-state index in [-0.39, 0.29) is 36.0 Å². The lowest BCUT2D eigenvalue weighted by Crippen LogP contribution is -2.41. The number of hydrogen-bond donors (Lipinski definition) is 3. The molecule has 3 N–H and O–H groups in total. The first kappa shape index (κ1) is 18.1. The molecule has 2 heterocycles. The summed E-state index contributed by atoms with van der Waals surface area (Å²) in [7, 11) is 1.55. The normalized spacial score (nSPS) is 20.1. The van der Waals surface area contributed by atoms with Crippen molar-refractivity contribution < 1.29 is 14.6 Å². The second-order valence-electron chi connectivity index (χ2n) is 6.48. The van der Waals surface area contributed by atoms with Crippen molar-refractivity contribution in [2.75, 3.05) is 7.11 Å². The molecule has 1 amide bonds. The Labute approximate surface area is 150 Å². The highest BCUT2D eigenvalue weighted by atomic mass is 16.5. The molecule has 0 aromatic carbocycles. The smallest absolute Gasteiger partial charge is 0.264 e. The fourth-order valence-electron chi connectivity index (χ4n) is 3.07. The molecule has 0 unspecified atom stereocenters. The molecule has 1 fully saturated rings. The third kappa shape index (κ3) is 4.45. The van der Waals surface area contributed by atoms with Gasteiger partial charge in [-0.25, -0.2) is 10.1 Å². The zero-order chi connectivity index (χ0) is 18.5. The molecular weight excluding hydrogens is 336 g/mol. The molecule has 3 rings (SSSR count). The van der Waals surface area contributed by atoms with E-state index in [0.717, 1.165) is 5.56 Å². The van der Waals surface area contributed by atoms with Gasteiger partial charge in [0.25, 0.3) is 5.56 Å². The number of rotatable bonds is 7. The number of aryl methyl sites for hydroxylation is 1. The molecule has 0 saturated heterocycles. The van der Waals surface area contributed by atoms with E-state index in [0.29, 0.717) is 30.8 Å². The molecule has 0 aliphatic heterocycles. The number of nitrogens with zero attached hydrogens (tertiary/aromatic N) is 2. The van der Waals surface area contributed by atoms with E-state index in [1.807, 2.05) is 6.07 Å². The Bertz CT molecular complexity index is 779. The molecule has 2 aromatic rings. The molecular formula is C18H22N4O4. The Morgan fingerprint density at radius 3 is 2.77 bits per heavy atom. The van der Waals surface area contributed by atoms with E-state index in [4.69, 9.17) is 4.74 Å². The molecule has 8 heteroatoms. The van der Waals surface area contributed by atoms with Crippen LogP contribution in [0.1, 0.15) is 36.6 Å². The minimum absolute atomic E-state index is 0.111. The van der Waals surface area contributed by atoms with Crippen molar-refractivity contribution in [3.05, 3.63) is 52.1 Å². The Balaban J connectivity index is 1.63. The molecule has 1 aliphatic rings. The zero-order valence-electron chi connectivity index (χ0n) is 14.5. The summed E-state index contributed by atoms with van der Waals surface area (Å²) >= 11 is 0. The van der Waals surface area contributed by atoms with Crippen LogP contribution in [-0.2, 0) is 11.2 Å². The van der Waals surface area contributed by atoms with Gasteiger partial charge < -0.3 is 15.2 Å². The highest BCUT2D eigenvalue weighted by Gasteiger charge is 2.35. The van der Waals surface area contributed by atoms with Gasteiger partial charge in [-0.2, -0.15) is 5.10 Å². The number of aromatic amines is 1. The van der Waals surface area contributed by atoms with E-state index in [1.165, 1.54) is 6.07 Å². The average molecular weight is 358 g/mol. The van der Waals surface area contributed by atoms with Crippen LogP contribution in [0.4, 0.5) is 0 Å². The van der Waals surface area contributed by atoms with Crippen molar-refractivity contribution in [2.24, 2.45) is 5.92 Å². The Kier molecular flexibility index (Phi) is 5.62. The molecule has 1 saturated carbocycles. The third-order valence-corrected chi connectivity index (χ3v) is 4.61. The Morgan fingerprint density at radius 2 is 2.19 bits per heavy atom. The van der Waals surface area contributed by atoms with Gasteiger partial charge in [0.05, 0.1) is 24.9 Å². The summed E-state index contributed by atoms with van der Waals surface area (Å²) in [6.45, 7) is 0. The highest BCUT2D eigenvalue weighted by Crippen LogP contribution is 2.38. The van der Waals surface area contributed by atoms with Gasteiger partial charge in [0.1, 0.15) is 0 Å². The highest BCUT2D eigenvalue weighted by molar-refractivity contribution is 5.76. The van der Waals surface area contributed by atoms with Gasteiger partial charge in [-0.3, -0.25) is 9.59 Å². The van der Waals surface area contributed by atoms with Crippen LogP contribution in [0.15, 0.2) is 35.3 Å². The van der Waals surface area contributed by atoms with Crippen LogP contribution in [0.5, 0.6) is 5.88 Å². The number of pyridine rings is 1. The summed E-state index contributed by atoms with van der Waals surface area (Å²) in [5.74, 6) is 0.576. The number of methoxy groups -OCH3 is 1. The molecule has 2 aromatic heterocycles. The minimum Gasteiger partial charge on any atom is -0.481 e. The van der Waals surface area contributed by atoms with Crippen molar-refractivity contribution in [2.45, 2.75) is 37.8 Å². The first-order valence-corrected chi connectivity index (χ1v) is 8.57. The lowest BCUT2D eigenvalue weighted by molar-refractivity contribution is -0.123. The fraction of sp³-hybridized carbons (Fsp3) is 0.444. The predicted molar refractivity (Wildman–Crippen MR) is 93.6 cm³/mol. The monoisotopic (exact) mass is 358 g/mol.